The minimum absolute atomic E-state index is 0.363. The first kappa shape index (κ1) is 23.4. The molecule has 1 aromatic heterocycles. The summed E-state index contributed by atoms with van der Waals surface area (Å²) in [5.74, 6) is 1.22. The monoisotopic (exact) mass is 547 g/mol. The fourth-order valence-electron chi connectivity index (χ4n) is 5.11. The van der Waals surface area contributed by atoms with Gasteiger partial charge in [-0.25, -0.2) is 13.4 Å². The number of rotatable bonds is 6. The van der Waals surface area contributed by atoms with E-state index < -0.39 is 10.0 Å². The number of hydrogen-bond acceptors (Lipinski definition) is 4. The Morgan fingerprint density at radius 3 is 2.64 bits per heavy atom. The van der Waals surface area contributed by atoms with Crippen LogP contribution in [0.1, 0.15) is 57.1 Å². The SMILES string of the molecule is CC1CCCN(S(=O)(=O)c2ccc3c(c2)nc(SCc2ccccc2Br)n3C2CCCC2)C1. The van der Waals surface area contributed by atoms with Crippen LogP contribution in [0, 0.1) is 5.92 Å². The molecule has 0 spiro atoms. The Morgan fingerprint density at radius 2 is 1.88 bits per heavy atom. The van der Waals surface area contributed by atoms with Gasteiger partial charge in [0.2, 0.25) is 10.0 Å². The van der Waals surface area contributed by atoms with Crippen LogP contribution in [0.3, 0.4) is 0 Å². The molecule has 0 bridgehead atoms. The number of piperidine rings is 1. The predicted octanol–water partition coefficient (Wildman–Crippen LogP) is 6.63. The van der Waals surface area contributed by atoms with E-state index in [4.69, 9.17) is 4.98 Å². The minimum atomic E-state index is -3.50. The van der Waals surface area contributed by atoms with Crippen LogP contribution < -0.4 is 0 Å². The molecule has 3 aromatic rings. The summed E-state index contributed by atoms with van der Waals surface area (Å²) in [5.41, 5.74) is 3.06. The first-order valence-corrected chi connectivity index (χ1v) is 15.0. The van der Waals surface area contributed by atoms with Crippen molar-refractivity contribution in [2.45, 2.75) is 67.3 Å². The molecule has 33 heavy (non-hydrogen) atoms. The molecule has 2 heterocycles. The van der Waals surface area contributed by atoms with Gasteiger partial charge in [-0.15, -0.1) is 0 Å². The van der Waals surface area contributed by atoms with Crippen molar-refractivity contribution in [1.29, 1.82) is 0 Å². The maximum absolute atomic E-state index is 13.4. The van der Waals surface area contributed by atoms with Gasteiger partial charge in [0.15, 0.2) is 5.16 Å². The zero-order valence-electron chi connectivity index (χ0n) is 18.9. The van der Waals surface area contributed by atoms with Gasteiger partial charge in [-0.1, -0.05) is 65.7 Å². The lowest BCUT2D eigenvalue weighted by molar-refractivity contribution is 0.281. The molecule has 5 rings (SSSR count). The molecule has 8 heteroatoms. The summed E-state index contributed by atoms with van der Waals surface area (Å²) in [4.78, 5) is 5.33. The third-order valence-electron chi connectivity index (χ3n) is 6.89. The summed E-state index contributed by atoms with van der Waals surface area (Å²) in [6.07, 6.45) is 6.79. The highest BCUT2D eigenvalue weighted by Gasteiger charge is 2.30. The quantitative estimate of drug-likeness (QED) is 0.325. The number of aromatic nitrogens is 2. The van der Waals surface area contributed by atoms with Gasteiger partial charge in [-0.05, 0) is 61.4 Å². The van der Waals surface area contributed by atoms with Crippen molar-refractivity contribution >= 4 is 48.7 Å². The van der Waals surface area contributed by atoms with Crippen molar-refractivity contribution in [1.82, 2.24) is 13.9 Å². The number of sulfonamides is 1. The van der Waals surface area contributed by atoms with Crippen molar-refractivity contribution in [3.05, 3.63) is 52.5 Å². The number of hydrogen-bond donors (Lipinski definition) is 0. The van der Waals surface area contributed by atoms with Gasteiger partial charge in [0.05, 0.1) is 15.9 Å². The Morgan fingerprint density at radius 1 is 1.09 bits per heavy atom. The number of fused-ring (bicyclic) bond motifs is 1. The Bertz CT molecular complexity index is 1250. The zero-order chi connectivity index (χ0) is 23.0. The van der Waals surface area contributed by atoms with Gasteiger partial charge in [-0.2, -0.15) is 4.31 Å². The van der Waals surface area contributed by atoms with Gasteiger partial charge in [-0.3, -0.25) is 0 Å². The normalized spacial score (nSPS) is 20.6. The number of benzene rings is 2. The van der Waals surface area contributed by atoms with E-state index in [9.17, 15) is 8.42 Å². The standard InChI is InChI=1S/C25H30BrN3O2S2/c1-18-7-6-14-28(16-18)33(30,31)21-12-13-24-23(15-21)27-25(29(24)20-9-3-4-10-20)32-17-19-8-2-5-11-22(19)26/h2,5,8,11-13,15,18,20H,3-4,6-7,9-10,14,16-17H2,1H3. The van der Waals surface area contributed by atoms with Crippen LogP contribution in [0.2, 0.25) is 0 Å². The maximum atomic E-state index is 13.4. The molecule has 0 amide bonds. The molecule has 1 saturated heterocycles. The van der Waals surface area contributed by atoms with E-state index in [0.29, 0.717) is 29.9 Å². The van der Waals surface area contributed by atoms with Gasteiger partial charge < -0.3 is 4.57 Å². The zero-order valence-corrected chi connectivity index (χ0v) is 22.1. The highest BCUT2D eigenvalue weighted by Crippen LogP contribution is 2.38. The lowest BCUT2D eigenvalue weighted by Crippen LogP contribution is -2.39. The number of imidazole rings is 1. The highest BCUT2D eigenvalue weighted by atomic mass is 79.9. The van der Waals surface area contributed by atoms with E-state index >= 15 is 0 Å². The van der Waals surface area contributed by atoms with Crippen LogP contribution >= 0.6 is 27.7 Å². The Hall–Kier alpha value is -1.35. The van der Waals surface area contributed by atoms with E-state index in [0.717, 1.165) is 52.1 Å². The predicted molar refractivity (Wildman–Crippen MR) is 138 cm³/mol. The van der Waals surface area contributed by atoms with E-state index in [1.54, 1.807) is 28.2 Å². The molecule has 1 atom stereocenters. The van der Waals surface area contributed by atoms with Crippen molar-refractivity contribution in [3.63, 3.8) is 0 Å². The van der Waals surface area contributed by atoms with Crippen molar-refractivity contribution in [3.8, 4) is 0 Å². The summed E-state index contributed by atoms with van der Waals surface area (Å²) >= 11 is 5.38. The van der Waals surface area contributed by atoms with Crippen molar-refractivity contribution in [2.24, 2.45) is 5.92 Å². The van der Waals surface area contributed by atoms with Gasteiger partial charge in [0.1, 0.15) is 0 Å². The van der Waals surface area contributed by atoms with E-state index in [2.05, 4.69) is 45.6 Å². The molecule has 5 nitrogen and oxygen atoms in total. The van der Waals surface area contributed by atoms with Crippen LogP contribution in [0.25, 0.3) is 11.0 Å². The molecule has 0 N–H and O–H groups in total. The lowest BCUT2D eigenvalue weighted by atomic mass is 10.0. The maximum Gasteiger partial charge on any atom is 0.243 e. The molecule has 0 radical (unpaired) electrons. The molecule has 1 saturated carbocycles. The smallest absolute Gasteiger partial charge is 0.243 e. The third kappa shape index (κ3) is 4.77. The fourth-order valence-corrected chi connectivity index (χ4v) is 8.42. The van der Waals surface area contributed by atoms with Crippen molar-refractivity contribution < 1.29 is 8.42 Å². The minimum Gasteiger partial charge on any atom is -0.316 e. The average Bonchev–Trinajstić information content (AvgIpc) is 3.45. The Labute approximate surface area is 209 Å². The molecule has 2 fully saturated rings. The third-order valence-corrected chi connectivity index (χ3v) is 10.5. The van der Waals surface area contributed by atoms with Gasteiger partial charge >= 0.3 is 0 Å². The second-order valence-electron chi connectivity index (χ2n) is 9.34. The summed E-state index contributed by atoms with van der Waals surface area (Å²) in [7, 11) is -3.50. The Kier molecular flexibility index (Phi) is 6.89. The fraction of sp³-hybridized carbons (Fsp3) is 0.480. The summed E-state index contributed by atoms with van der Waals surface area (Å²) in [6.45, 7) is 3.33. The Balaban J connectivity index is 1.50. The largest absolute Gasteiger partial charge is 0.316 e. The first-order valence-electron chi connectivity index (χ1n) is 11.8. The molecule has 1 unspecified atom stereocenters. The van der Waals surface area contributed by atoms with Crippen molar-refractivity contribution in [2.75, 3.05) is 13.1 Å². The molecule has 2 aliphatic rings. The van der Waals surface area contributed by atoms with Crippen LogP contribution in [0.4, 0.5) is 0 Å². The van der Waals surface area contributed by atoms with Gasteiger partial charge in [0, 0.05) is 29.4 Å². The topological polar surface area (TPSA) is 55.2 Å². The first-order chi connectivity index (χ1) is 15.9. The summed E-state index contributed by atoms with van der Waals surface area (Å²) in [5, 5.41) is 0.980. The van der Waals surface area contributed by atoms with E-state index in [1.807, 2.05) is 12.1 Å². The lowest BCUT2D eigenvalue weighted by Gasteiger charge is -2.30. The van der Waals surface area contributed by atoms with Crippen LogP contribution in [0.15, 0.2) is 57.0 Å². The molecular weight excluding hydrogens is 518 g/mol. The van der Waals surface area contributed by atoms with Crippen LogP contribution in [-0.2, 0) is 15.8 Å². The second kappa shape index (κ2) is 9.72. The molecule has 1 aliphatic heterocycles. The molecule has 176 valence electrons. The average molecular weight is 549 g/mol. The number of halogens is 1. The second-order valence-corrected chi connectivity index (χ2v) is 13.1. The van der Waals surface area contributed by atoms with E-state index in [-0.39, 0.29) is 0 Å². The molecular formula is C25H30BrN3O2S2. The van der Waals surface area contributed by atoms with E-state index in [1.165, 1.54) is 18.4 Å². The van der Waals surface area contributed by atoms with Gasteiger partial charge in [0.25, 0.3) is 0 Å². The van der Waals surface area contributed by atoms with Crippen LogP contribution in [0.5, 0.6) is 0 Å². The number of thioether (sulfide) groups is 1. The van der Waals surface area contributed by atoms with Crippen LogP contribution in [-0.4, -0.2) is 35.4 Å². The molecule has 2 aromatic carbocycles. The summed E-state index contributed by atoms with van der Waals surface area (Å²) < 4.78 is 31.8. The molecule has 1 aliphatic carbocycles. The summed E-state index contributed by atoms with van der Waals surface area (Å²) in [6, 6.07) is 14.3. The number of nitrogens with zero attached hydrogens (tertiary/aromatic N) is 3. The highest BCUT2D eigenvalue weighted by molar-refractivity contribution is 9.10.